The van der Waals surface area contributed by atoms with Gasteiger partial charge in [0, 0.05) is 36.5 Å². The topological polar surface area (TPSA) is 71.1 Å². The number of benzene rings is 1. The number of thiazole rings is 1. The summed E-state index contributed by atoms with van der Waals surface area (Å²) in [7, 11) is 0. The van der Waals surface area contributed by atoms with E-state index in [4.69, 9.17) is 0 Å². The van der Waals surface area contributed by atoms with Crippen LogP contribution in [0.5, 0.6) is 0 Å². The van der Waals surface area contributed by atoms with Crippen LogP contribution < -0.4 is 10.6 Å². The second-order valence-electron chi connectivity index (χ2n) is 4.63. The highest BCUT2D eigenvalue weighted by atomic mass is 32.1. The van der Waals surface area contributed by atoms with Gasteiger partial charge in [-0.2, -0.15) is 0 Å². The molecule has 0 spiro atoms. The Hall–Kier alpha value is -2.21. The third-order valence-electron chi connectivity index (χ3n) is 2.78. The van der Waals surface area contributed by atoms with Crippen LogP contribution >= 0.6 is 11.3 Å². The molecule has 0 atom stereocenters. The molecule has 2 amide bonds. The Morgan fingerprint density at radius 3 is 2.81 bits per heavy atom. The van der Waals surface area contributed by atoms with Crippen molar-refractivity contribution in [2.75, 3.05) is 11.9 Å². The first-order valence-electron chi connectivity index (χ1n) is 6.61. The van der Waals surface area contributed by atoms with Crippen LogP contribution in [-0.4, -0.2) is 23.3 Å². The second kappa shape index (κ2) is 6.99. The van der Waals surface area contributed by atoms with E-state index in [1.54, 1.807) is 35.6 Å². The lowest BCUT2D eigenvalue weighted by molar-refractivity contribution is -0.114. The molecule has 0 bridgehead atoms. The summed E-state index contributed by atoms with van der Waals surface area (Å²) < 4.78 is 0. The van der Waals surface area contributed by atoms with Crippen molar-refractivity contribution < 1.29 is 9.59 Å². The zero-order valence-corrected chi connectivity index (χ0v) is 12.8. The maximum atomic E-state index is 12.0. The molecule has 1 aromatic heterocycles. The van der Waals surface area contributed by atoms with Crippen LogP contribution in [0.3, 0.4) is 0 Å². The average Bonchev–Trinajstić information content (AvgIpc) is 2.84. The lowest BCUT2D eigenvalue weighted by atomic mass is 10.2. The molecule has 0 aliphatic carbocycles. The van der Waals surface area contributed by atoms with Gasteiger partial charge < -0.3 is 10.6 Å². The Morgan fingerprint density at radius 1 is 1.33 bits per heavy atom. The van der Waals surface area contributed by atoms with Gasteiger partial charge in [-0.25, -0.2) is 4.98 Å². The van der Waals surface area contributed by atoms with E-state index >= 15 is 0 Å². The number of aromatic nitrogens is 1. The van der Waals surface area contributed by atoms with Gasteiger partial charge in [0.1, 0.15) is 0 Å². The van der Waals surface area contributed by atoms with Crippen molar-refractivity contribution in [1.82, 2.24) is 10.3 Å². The highest BCUT2D eigenvalue weighted by molar-refractivity contribution is 7.09. The number of anilines is 1. The highest BCUT2D eigenvalue weighted by Crippen LogP contribution is 2.11. The number of nitrogens with zero attached hydrogens (tertiary/aromatic N) is 1. The number of carbonyl (C=O) groups excluding carboxylic acids is 2. The van der Waals surface area contributed by atoms with E-state index in [9.17, 15) is 9.59 Å². The molecule has 21 heavy (non-hydrogen) atoms. The molecule has 110 valence electrons. The molecule has 2 N–H and O–H groups in total. The molecule has 0 saturated carbocycles. The highest BCUT2D eigenvalue weighted by Gasteiger charge is 2.07. The van der Waals surface area contributed by atoms with Crippen LogP contribution in [0.2, 0.25) is 0 Å². The summed E-state index contributed by atoms with van der Waals surface area (Å²) in [6.45, 7) is 3.93. The van der Waals surface area contributed by atoms with Gasteiger partial charge in [0.25, 0.3) is 5.91 Å². The van der Waals surface area contributed by atoms with Gasteiger partial charge in [0.15, 0.2) is 0 Å². The molecule has 0 fully saturated rings. The Morgan fingerprint density at radius 2 is 2.14 bits per heavy atom. The average molecular weight is 303 g/mol. The monoisotopic (exact) mass is 303 g/mol. The largest absolute Gasteiger partial charge is 0.352 e. The van der Waals surface area contributed by atoms with Gasteiger partial charge in [-0.1, -0.05) is 6.07 Å². The molecule has 0 aliphatic heterocycles. The number of rotatable bonds is 5. The molecule has 1 heterocycles. The lowest BCUT2D eigenvalue weighted by Crippen LogP contribution is -2.25. The normalized spacial score (nSPS) is 10.2. The van der Waals surface area contributed by atoms with Crippen LogP contribution in [0.1, 0.15) is 28.0 Å². The molecule has 2 rings (SSSR count). The second-order valence-corrected chi connectivity index (χ2v) is 5.69. The summed E-state index contributed by atoms with van der Waals surface area (Å²) in [5.41, 5.74) is 2.13. The van der Waals surface area contributed by atoms with Gasteiger partial charge in [0.2, 0.25) is 5.91 Å². The fourth-order valence-electron chi connectivity index (χ4n) is 1.87. The molecule has 0 unspecified atom stereocenters. The van der Waals surface area contributed by atoms with E-state index in [0.29, 0.717) is 24.2 Å². The summed E-state index contributed by atoms with van der Waals surface area (Å²) in [6.07, 6.45) is 0.710. The summed E-state index contributed by atoms with van der Waals surface area (Å²) in [5, 5.41) is 8.53. The fraction of sp³-hybridized carbons (Fsp3) is 0.267. The SMILES string of the molecule is CC(=O)Nc1cccc(C(=O)NCCc2csc(C)n2)c1. The minimum absolute atomic E-state index is 0.158. The lowest BCUT2D eigenvalue weighted by Gasteiger charge is -2.06. The first-order valence-corrected chi connectivity index (χ1v) is 7.49. The van der Waals surface area contributed by atoms with Gasteiger partial charge >= 0.3 is 0 Å². The van der Waals surface area contributed by atoms with E-state index in [-0.39, 0.29) is 11.8 Å². The predicted octanol–water partition coefficient (Wildman–Crippen LogP) is 2.38. The maximum absolute atomic E-state index is 12.0. The summed E-state index contributed by atoms with van der Waals surface area (Å²) in [6, 6.07) is 6.86. The summed E-state index contributed by atoms with van der Waals surface area (Å²) in [5.74, 6) is -0.319. The van der Waals surface area contributed by atoms with Crippen LogP contribution in [0.4, 0.5) is 5.69 Å². The summed E-state index contributed by atoms with van der Waals surface area (Å²) >= 11 is 1.60. The molecular formula is C15H17N3O2S. The van der Waals surface area contributed by atoms with E-state index in [0.717, 1.165) is 10.7 Å². The Bertz CT molecular complexity index is 652. The molecule has 2 aromatic rings. The minimum Gasteiger partial charge on any atom is -0.352 e. The Labute approximate surface area is 127 Å². The zero-order valence-electron chi connectivity index (χ0n) is 12.0. The Balaban J connectivity index is 1.89. The molecule has 0 aliphatic rings. The Kier molecular flexibility index (Phi) is 5.05. The molecule has 6 heteroatoms. The number of amides is 2. The van der Waals surface area contributed by atoms with Crippen molar-refractivity contribution in [1.29, 1.82) is 0 Å². The number of hydrogen-bond acceptors (Lipinski definition) is 4. The first-order chi connectivity index (χ1) is 10.0. The summed E-state index contributed by atoms with van der Waals surface area (Å²) in [4.78, 5) is 27.4. The van der Waals surface area contributed by atoms with E-state index < -0.39 is 0 Å². The first kappa shape index (κ1) is 15.2. The van der Waals surface area contributed by atoms with Gasteiger partial charge in [-0.05, 0) is 25.1 Å². The zero-order chi connectivity index (χ0) is 15.2. The molecule has 0 radical (unpaired) electrons. The number of hydrogen-bond donors (Lipinski definition) is 2. The number of nitrogens with one attached hydrogen (secondary N) is 2. The van der Waals surface area contributed by atoms with Crippen molar-refractivity contribution in [3.8, 4) is 0 Å². The number of aryl methyl sites for hydroxylation is 1. The van der Waals surface area contributed by atoms with Crippen LogP contribution in [0.25, 0.3) is 0 Å². The van der Waals surface area contributed by atoms with Gasteiger partial charge in [-0.3, -0.25) is 9.59 Å². The van der Waals surface area contributed by atoms with Crippen molar-refractivity contribution >= 4 is 28.8 Å². The number of carbonyl (C=O) groups is 2. The molecular weight excluding hydrogens is 286 g/mol. The predicted molar refractivity (Wildman–Crippen MR) is 83.6 cm³/mol. The van der Waals surface area contributed by atoms with E-state index in [1.165, 1.54) is 6.92 Å². The maximum Gasteiger partial charge on any atom is 0.251 e. The molecule has 5 nitrogen and oxygen atoms in total. The molecule has 1 aromatic carbocycles. The third kappa shape index (κ3) is 4.68. The van der Waals surface area contributed by atoms with Gasteiger partial charge in [0.05, 0.1) is 10.7 Å². The van der Waals surface area contributed by atoms with Gasteiger partial charge in [-0.15, -0.1) is 11.3 Å². The smallest absolute Gasteiger partial charge is 0.251 e. The van der Waals surface area contributed by atoms with Crippen LogP contribution in [0.15, 0.2) is 29.6 Å². The standard InChI is InChI=1S/C15H17N3O2S/c1-10(19)17-13-5-3-4-12(8-13)15(20)16-7-6-14-9-21-11(2)18-14/h3-5,8-9H,6-7H2,1-2H3,(H,16,20)(H,17,19). The third-order valence-corrected chi connectivity index (χ3v) is 3.60. The van der Waals surface area contributed by atoms with Crippen molar-refractivity contribution in [3.63, 3.8) is 0 Å². The molecule has 0 saturated heterocycles. The van der Waals surface area contributed by atoms with Crippen molar-refractivity contribution in [2.24, 2.45) is 0 Å². The van der Waals surface area contributed by atoms with Crippen LogP contribution in [0, 0.1) is 6.92 Å². The van der Waals surface area contributed by atoms with Crippen molar-refractivity contribution in [2.45, 2.75) is 20.3 Å². The van der Waals surface area contributed by atoms with Crippen LogP contribution in [-0.2, 0) is 11.2 Å². The van der Waals surface area contributed by atoms with Crippen molar-refractivity contribution in [3.05, 3.63) is 45.9 Å². The minimum atomic E-state index is -0.161. The quantitative estimate of drug-likeness (QED) is 0.891. The van der Waals surface area contributed by atoms with E-state index in [2.05, 4.69) is 15.6 Å². The van der Waals surface area contributed by atoms with E-state index in [1.807, 2.05) is 12.3 Å². The fourth-order valence-corrected chi connectivity index (χ4v) is 2.52.